The molecular weight excluding hydrogens is 670 g/mol. The van der Waals surface area contributed by atoms with Crippen LogP contribution in [0, 0.1) is 5.82 Å². The summed E-state index contributed by atoms with van der Waals surface area (Å²) in [4.78, 5) is 29.1. The number of sulfonamides is 1. The van der Waals surface area contributed by atoms with Crippen molar-refractivity contribution in [1.29, 1.82) is 0 Å². The lowest BCUT2D eigenvalue weighted by atomic mass is 10.0. The molecule has 0 aromatic heterocycles. The van der Waals surface area contributed by atoms with Crippen molar-refractivity contribution in [3.8, 4) is 0 Å². The second kappa shape index (κ2) is 16.1. The first-order valence-electron chi connectivity index (χ1n) is 15.1. The molecule has 7 nitrogen and oxygen atoms in total. The van der Waals surface area contributed by atoms with Crippen molar-refractivity contribution in [3.05, 3.63) is 131 Å². The quantitative estimate of drug-likeness (QED) is 0.111. The van der Waals surface area contributed by atoms with Crippen LogP contribution in [0.3, 0.4) is 0 Å². The predicted octanol–water partition coefficient (Wildman–Crippen LogP) is 7.25. The number of nitrogens with zero attached hydrogens (tertiary/aromatic N) is 2. The van der Waals surface area contributed by atoms with E-state index in [9.17, 15) is 35.6 Å². The molecule has 0 aliphatic rings. The summed E-state index contributed by atoms with van der Waals surface area (Å²) in [6.45, 7) is 1.01. The van der Waals surface area contributed by atoms with E-state index in [0.29, 0.717) is 40.5 Å². The lowest BCUT2D eigenvalue weighted by molar-refractivity contribution is -0.140. The van der Waals surface area contributed by atoms with Crippen LogP contribution in [0.4, 0.5) is 23.2 Å². The van der Waals surface area contributed by atoms with Crippen LogP contribution >= 0.6 is 11.6 Å². The molecule has 2 amide bonds. The molecule has 48 heavy (non-hydrogen) atoms. The average Bonchev–Trinajstić information content (AvgIpc) is 3.06. The summed E-state index contributed by atoms with van der Waals surface area (Å²) < 4.78 is 83.9. The van der Waals surface area contributed by atoms with Gasteiger partial charge in [0.05, 0.1) is 21.2 Å². The SMILES string of the molecule is CCCCNC(=O)[C@H](Cc1ccccc1)N(Cc1ccc(F)cc1)C(=O)CN(c1cc(C(F)(F)F)ccc1Cl)S(=O)(=O)c1ccccc1. The number of alkyl halides is 3. The largest absolute Gasteiger partial charge is 0.416 e. The number of carbonyl (C=O) groups is 2. The van der Waals surface area contributed by atoms with Gasteiger partial charge in [-0.2, -0.15) is 13.2 Å². The highest BCUT2D eigenvalue weighted by molar-refractivity contribution is 7.92. The molecule has 0 bridgehead atoms. The van der Waals surface area contributed by atoms with E-state index < -0.39 is 57.7 Å². The first kappa shape index (κ1) is 36.4. The van der Waals surface area contributed by atoms with Gasteiger partial charge in [0.2, 0.25) is 11.8 Å². The molecule has 0 spiro atoms. The Balaban J connectivity index is 1.85. The number of nitrogens with one attached hydrogen (secondary N) is 1. The van der Waals surface area contributed by atoms with E-state index in [-0.39, 0.29) is 22.9 Å². The van der Waals surface area contributed by atoms with Crippen LogP contribution in [0.1, 0.15) is 36.5 Å². The molecule has 0 aliphatic heterocycles. The van der Waals surface area contributed by atoms with Gasteiger partial charge in [0.25, 0.3) is 10.0 Å². The normalized spacial score (nSPS) is 12.3. The fourth-order valence-electron chi connectivity index (χ4n) is 4.96. The molecule has 1 atom stereocenters. The summed E-state index contributed by atoms with van der Waals surface area (Å²) in [6, 6.07) is 21.9. The molecule has 0 fully saturated rings. The van der Waals surface area contributed by atoms with E-state index in [1.165, 1.54) is 48.5 Å². The number of unbranched alkanes of at least 4 members (excludes halogenated alkanes) is 1. The van der Waals surface area contributed by atoms with E-state index in [4.69, 9.17) is 11.6 Å². The van der Waals surface area contributed by atoms with E-state index in [1.807, 2.05) is 6.92 Å². The number of hydrogen-bond donors (Lipinski definition) is 1. The number of amides is 2. The zero-order valence-electron chi connectivity index (χ0n) is 26.0. The van der Waals surface area contributed by atoms with Crippen molar-refractivity contribution in [2.45, 2.75) is 49.8 Å². The minimum absolute atomic E-state index is 0.0292. The minimum atomic E-state index is -4.85. The first-order chi connectivity index (χ1) is 22.8. The third-order valence-electron chi connectivity index (χ3n) is 7.52. The Morgan fingerprint density at radius 1 is 0.875 bits per heavy atom. The molecule has 0 unspecified atom stereocenters. The fourth-order valence-corrected chi connectivity index (χ4v) is 6.68. The highest BCUT2D eigenvalue weighted by atomic mass is 35.5. The Labute approximate surface area is 282 Å². The smallest absolute Gasteiger partial charge is 0.354 e. The lowest BCUT2D eigenvalue weighted by Gasteiger charge is -2.34. The van der Waals surface area contributed by atoms with Crippen LogP contribution in [0.5, 0.6) is 0 Å². The zero-order chi connectivity index (χ0) is 34.9. The molecule has 4 aromatic rings. The second-order valence-electron chi connectivity index (χ2n) is 11.0. The number of rotatable bonds is 14. The molecule has 0 saturated carbocycles. The standard InChI is InChI=1S/C35H34ClF4N3O4S/c1-2-3-20-41-34(45)32(21-25-10-6-4-7-11-25)42(23-26-14-17-28(37)18-15-26)33(44)24-43(48(46,47)29-12-8-5-9-13-29)31-22-27(35(38,39)40)16-19-30(31)36/h4-19,22,32H,2-3,20-21,23-24H2,1H3,(H,41,45)/t32-/m0/s1. The maximum Gasteiger partial charge on any atom is 0.416 e. The van der Waals surface area contributed by atoms with Crippen LogP contribution < -0.4 is 9.62 Å². The average molecular weight is 704 g/mol. The zero-order valence-corrected chi connectivity index (χ0v) is 27.5. The third-order valence-corrected chi connectivity index (χ3v) is 9.61. The number of halogens is 5. The van der Waals surface area contributed by atoms with Gasteiger partial charge in [-0.1, -0.05) is 85.6 Å². The Morgan fingerprint density at radius 3 is 2.10 bits per heavy atom. The maximum absolute atomic E-state index is 14.4. The van der Waals surface area contributed by atoms with Gasteiger partial charge < -0.3 is 10.2 Å². The van der Waals surface area contributed by atoms with Crippen molar-refractivity contribution in [1.82, 2.24) is 10.2 Å². The molecule has 13 heteroatoms. The summed E-state index contributed by atoms with van der Waals surface area (Å²) in [5.41, 5.74) is -0.626. The van der Waals surface area contributed by atoms with Gasteiger partial charge >= 0.3 is 6.18 Å². The van der Waals surface area contributed by atoms with Crippen LogP contribution in [-0.2, 0) is 38.8 Å². The molecule has 0 radical (unpaired) electrons. The van der Waals surface area contributed by atoms with Crippen molar-refractivity contribution in [2.75, 3.05) is 17.4 Å². The third kappa shape index (κ3) is 9.35. The molecule has 0 heterocycles. The molecular formula is C35H34ClF4N3O4S. The van der Waals surface area contributed by atoms with E-state index in [1.54, 1.807) is 36.4 Å². The lowest BCUT2D eigenvalue weighted by Crippen LogP contribution is -2.53. The molecule has 4 aromatic carbocycles. The Bertz CT molecular complexity index is 1790. The summed E-state index contributed by atoms with van der Waals surface area (Å²) >= 11 is 6.34. The van der Waals surface area contributed by atoms with Crippen LogP contribution in [-0.4, -0.2) is 44.3 Å². The molecule has 0 saturated heterocycles. The summed E-state index contributed by atoms with van der Waals surface area (Å²) in [5, 5.41) is 2.49. The highest BCUT2D eigenvalue weighted by Crippen LogP contribution is 2.37. The van der Waals surface area contributed by atoms with Gasteiger partial charge in [0.1, 0.15) is 18.4 Å². The second-order valence-corrected chi connectivity index (χ2v) is 13.3. The van der Waals surface area contributed by atoms with Gasteiger partial charge in [-0.15, -0.1) is 0 Å². The van der Waals surface area contributed by atoms with Crippen LogP contribution in [0.25, 0.3) is 0 Å². The van der Waals surface area contributed by atoms with Crippen molar-refractivity contribution < 1.29 is 35.6 Å². The number of benzene rings is 4. The molecule has 4 rings (SSSR count). The van der Waals surface area contributed by atoms with E-state index >= 15 is 0 Å². The van der Waals surface area contributed by atoms with Crippen LogP contribution in [0.2, 0.25) is 5.02 Å². The van der Waals surface area contributed by atoms with Gasteiger partial charge in [0, 0.05) is 19.5 Å². The monoisotopic (exact) mass is 703 g/mol. The van der Waals surface area contributed by atoms with Crippen molar-refractivity contribution >= 4 is 39.1 Å². The van der Waals surface area contributed by atoms with Gasteiger partial charge in [-0.05, 0) is 60.0 Å². The first-order valence-corrected chi connectivity index (χ1v) is 16.9. The number of carbonyl (C=O) groups excluding carboxylic acids is 2. The Morgan fingerprint density at radius 2 is 1.50 bits per heavy atom. The Kier molecular flexibility index (Phi) is 12.2. The van der Waals surface area contributed by atoms with Gasteiger partial charge in [-0.3, -0.25) is 13.9 Å². The molecule has 0 aliphatic carbocycles. The van der Waals surface area contributed by atoms with Crippen molar-refractivity contribution in [2.24, 2.45) is 0 Å². The van der Waals surface area contributed by atoms with Crippen molar-refractivity contribution in [3.63, 3.8) is 0 Å². The number of hydrogen-bond acceptors (Lipinski definition) is 4. The Hall–Kier alpha value is -4.42. The maximum atomic E-state index is 14.4. The summed E-state index contributed by atoms with van der Waals surface area (Å²) in [6.07, 6.45) is -3.38. The van der Waals surface area contributed by atoms with Gasteiger partial charge in [-0.25, -0.2) is 12.8 Å². The highest BCUT2D eigenvalue weighted by Gasteiger charge is 2.37. The summed E-state index contributed by atoms with van der Waals surface area (Å²) in [7, 11) is -4.68. The molecule has 254 valence electrons. The van der Waals surface area contributed by atoms with Crippen LogP contribution in [0.15, 0.2) is 108 Å². The predicted molar refractivity (Wildman–Crippen MR) is 176 cm³/mol. The topological polar surface area (TPSA) is 86.8 Å². The van der Waals surface area contributed by atoms with E-state index in [0.717, 1.165) is 17.4 Å². The van der Waals surface area contributed by atoms with Gasteiger partial charge in [0.15, 0.2) is 0 Å². The number of anilines is 1. The molecule has 1 N–H and O–H groups in total. The van der Waals surface area contributed by atoms with E-state index in [2.05, 4.69) is 5.32 Å². The summed E-state index contributed by atoms with van der Waals surface area (Å²) in [5.74, 6) is -1.95. The minimum Gasteiger partial charge on any atom is -0.354 e. The fraction of sp³-hybridized carbons (Fsp3) is 0.257.